The highest BCUT2D eigenvalue weighted by Gasteiger charge is 2.25. The Morgan fingerprint density at radius 1 is 1.43 bits per heavy atom. The van der Waals surface area contributed by atoms with E-state index >= 15 is 0 Å². The Labute approximate surface area is 84.8 Å². The molecule has 1 aromatic rings. The van der Waals surface area contributed by atoms with Crippen LogP contribution in [-0.4, -0.2) is 5.66 Å². The molecule has 1 rings (SSSR count). The van der Waals surface area contributed by atoms with E-state index in [1.807, 2.05) is 32.0 Å². The normalized spacial score (nSPS) is 17.1. The molecule has 0 aliphatic carbocycles. The first-order chi connectivity index (χ1) is 6.56. The van der Waals surface area contributed by atoms with Crippen molar-refractivity contribution in [3.8, 4) is 5.75 Å². The molecule has 0 aliphatic heterocycles. The highest BCUT2D eigenvalue weighted by atomic mass is 31.2. The second-order valence-electron chi connectivity index (χ2n) is 3.31. The van der Waals surface area contributed by atoms with E-state index < -0.39 is 7.52 Å². The van der Waals surface area contributed by atoms with Gasteiger partial charge in [-0.2, -0.15) is 0 Å². The highest BCUT2D eigenvalue weighted by Crippen LogP contribution is 2.45. The Hall–Kier alpha value is -0.790. The van der Waals surface area contributed by atoms with Crippen LogP contribution in [0.15, 0.2) is 30.3 Å². The summed E-state index contributed by atoms with van der Waals surface area (Å²) in [5.74, 6) is 0.568. The fraction of sp³-hybridized carbons (Fsp3) is 0.400. The lowest BCUT2D eigenvalue weighted by molar-refractivity contribution is 0.469. The van der Waals surface area contributed by atoms with Crippen LogP contribution >= 0.6 is 7.52 Å². The van der Waals surface area contributed by atoms with Crippen molar-refractivity contribution in [1.82, 2.24) is 0 Å². The molecule has 0 aliphatic rings. The third-order valence-electron chi connectivity index (χ3n) is 2.20. The zero-order valence-corrected chi connectivity index (χ0v) is 9.41. The van der Waals surface area contributed by atoms with E-state index in [1.165, 1.54) is 0 Å². The van der Waals surface area contributed by atoms with Crippen molar-refractivity contribution in [2.24, 2.45) is 5.50 Å². The average Bonchev–Trinajstić information content (AvgIpc) is 2.17. The maximum Gasteiger partial charge on any atom is 0.316 e. The van der Waals surface area contributed by atoms with Gasteiger partial charge in [-0.3, -0.25) is 4.57 Å². The molecular formula is C10H16NO2P. The standard InChI is InChI=1S/C10H16NO2P/c1-3-9(2)14(11,12)13-10-7-5-4-6-8-10/h4-9H,3H2,1-2H3,(H2,11,12). The predicted octanol–water partition coefficient (Wildman–Crippen LogP) is 3.02. The Morgan fingerprint density at radius 2 is 2.00 bits per heavy atom. The van der Waals surface area contributed by atoms with Gasteiger partial charge in [0, 0.05) is 0 Å². The van der Waals surface area contributed by atoms with Crippen LogP contribution in [0.25, 0.3) is 0 Å². The fourth-order valence-electron chi connectivity index (χ4n) is 0.991. The maximum absolute atomic E-state index is 11.9. The van der Waals surface area contributed by atoms with Gasteiger partial charge in [-0.1, -0.05) is 32.0 Å². The van der Waals surface area contributed by atoms with Crippen molar-refractivity contribution in [3.63, 3.8) is 0 Å². The Kier molecular flexibility index (Phi) is 3.73. The van der Waals surface area contributed by atoms with Crippen molar-refractivity contribution in [2.45, 2.75) is 25.9 Å². The zero-order chi connectivity index (χ0) is 10.6. The van der Waals surface area contributed by atoms with E-state index in [0.717, 1.165) is 6.42 Å². The van der Waals surface area contributed by atoms with Crippen LogP contribution in [0.4, 0.5) is 0 Å². The minimum Gasteiger partial charge on any atom is -0.433 e. The summed E-state index contributed by atoms with van der Waals surface area (Å²) in [5, 5.41) is 0. The number of hydrogen-bond donors (Lipinski definition) is 1. The molecule has 14 heavy (non-hydrogen) atoms. The van der Waals surface area contributed by atoms with E-state index in [0.29, 0.717) is 5.75 Å². The van der Waals surface area contributed by atoms with Crippen LogP contribution in [0.5, 0.6) is 5.75 Å². The number of benzene rings is 1. The van der Waals surface area contributed by atoms with Crippen LogP contribution in [-0.2, 0) is 4.57 Å². The van der Waals surface area contributed by atoms with Crippen LogP contribution in [0.2, 0.25) is 0 Å². The van der Waals surface area contributed by atoms with Crippen molar-refractivity contribution < 1.29 is 9.09 Å². The molecule has 1 aromatic carbocycles. The summed E-state index contributed by atoms with van der Waals surface area (Å²) >= 11 is 0. The van der Waals surface area contributed by atoms with Gasteiger partial charge in [0.15, 0.2) is 0 Å². The van der Waals surface area contributed by atoms with E-state index in [2.05, 4.69) is 0 Å². The van der Waals surface area contributed by atoms with Crippen molar-refractivity contribution >= 4 is 7.52 Å². The smallest absolute Gasteiger partial charge is 0.316 e. The number of rotatable bonds is 4. The first-order valence-corrected chi connectivity index (χ1v) is 6.45. The molecule has 3 nitrogen and oxygen atoms in total. The topological polar surface area (TPSA) is 52.3 Å². The third kappa shape index (κ3) is 2.86. The van der Waals surface area contributed by atoms with Gasteiger partial charge in [0.05, 0.1) is 5.66 Å². The van der Waals surface area contributed by atoms with Crippen LogP contribution < -0.4 is 10.0 Å². The fourth-order valence-corrected chi connectivity index (χ4v) is 2.13. The number of nitrogens with two attached hydrogens (primary N) is 1. The average molecular weight is 213 g/mol. The maximum atomic E-state index is 11.9. The molecule has 0 radical (unpaired) electrons. The Balaban J connectivity index is 2.74. The molecule has 0 spiro atoms. The second-order valence-corrected chi connectivity index (χ2v) is 5.66. The molecule has 0 amide bonds. The predicted molar refractivity (Wildman–Crippen MR) is 58.6 cm³/mol. The van der Waals surface area contributed by atoms with Gasteiger partial charge in [0.1, 0.15) is 5.75 Å². The summed E-state index contributed by atoms with van der Waals surface area (Å²) in [5.41, 5.74) is 5.53. The lowest BCUT2D eigenvalue weighted by atomic mass is 10.3. The molecule has 78 valence electrons. The Morgan fingerprint density at radius 3 is 2.50 bits per heavy atom. The summed E-state index contributed by atoms with van der Waals surface area (Å²) in [6.07, 6.45) is 0.751. The van der Waals surface area contributed by atoms with Crippen LogP contribution in [0.1, 0.15) is 20.3 Å². The summed E-state index contributed by atoms with van der Waals surface area (Å²) in [6, 6.07) is 9.03. The van der Waals surface area contributed by atoms with Crippen LogP contribution in [0, 0.1) is 0 Å². The van der Waals surface area contributed by atoms with Gasteiger partial charge in [-0.15, -0.1) is 0 Å². The molecular weight excluding hydrogens is 197 g/mol. The highest BCUT2D eigenvalue weighted by molar-refractivity contribution is 7.57. The molecule has 0 heterocycles. The molecule has 2 N–H and O–H groups in total. The van der Waals surface area contributed by atoms with Crippen molar-refractivity contribution in [2.75, 3.05) is 0 Å². The molecule has 0 saturated heterocycles. The molecule has 4 heteroatoms. The Bertz CT molecular complexity index is 326. The molecule has 2 unspecified atom stereocenters. The third-order valence-corrected chi connectivity index (χ3v) is 4.29. The lowest BCUT2D eigenvalue weighted by Crippen LogP contribution is -2.14. The van der Waals surface area contributed by atoms with Crippen LogP contribution in [0.3, 0.4) is 0 Å². The van der Waals surface area contributed by atoms with Crippen molar-refractivity contribution in [1.29, 1.82) is 0 Å². The minimum absolute atomic E-state index is 0.109. The summed E-state index contributed by atoms with van der Waals surface area (Å²) in [6.45, 7) is 3.78. The number of hydrogen-bond acceptors (Lipinski definition) is 2. The van der Waals surface area contributed by atoms with E-state index in [4.69, 9.17) is 10.0 Å². The van der Waals surface area contributed by atoms with Gasteiger partial charge in [0.2, 0.25) is 0 Å². The first-order valence-electron chi connectivity index (χ1n) is 4.69. The van der Waals surface area contributed by atoms with E-state index in [9.17, 15) is 4.57 Å². The molecule has 0 aromatic heterocycles. The minimum atomic E-state index is -3.01. The van der Waals surface area contributed by atoms with Gasteiger partial charge >= 0.3 is 7.52 Å². The molecule has 0 saturated carbocycles. The second kappa shape index (κ2) is 4.63. The van der Waals surface area contributed by atoms with Gasteiger partial charge in [0.25, 0.3) is 0 Å². The van der Waals surface area contributed by atoms with E-state index in [1.54, 1.807) is 12.1 Å². The monoisotopic (exact) mass is 213 g/mol. The zero-order valence-electron chi connectivity index (χ0n) is 8.51. The number of para-hydroxylation sites is 1. The molecule has 2 atom stereocenters. The van der Waals surface area contributed by atoms with Gasteiger partial charge in [-0.05, 0) is 18.6 Å². The van der Waals surface area contributed by atoms with Crippen molar-refractivity contribution in [3.05, 3.63) is 30.3 Å². The summed E-state index contributed by atoms with van der Waals surface area (Å²) < 4.78 is 17.2. The first kappa shape index (κ1) is 11.3. The van der Waals surface area contributed by atoms with Gasteiger partial charge < -0.3 is 4.52 Å². The molecule has 0 bridgehead atoms. The quantitative estimate of drug-likeness (QED) is 0.782. The largest absolute Gasteiger partial charge is 0.433 e. The lowest BCUT2D eigenvalue weighted by Gasteiger charge is -2.19. The van der Waals surface area contributed by atoms with E-state index in [-0.39, 0.29) is 5.66 Å². The summed E-state index contributed by atoms with van der Waals surface area (Å²) in [7, 11) is -3.01. The van der Waals surface area contributed by atoms with Gasteiger partial charge in [-0.25, -0.2) is 5.50 Å². The molecule has 0 fully saturated rings. The SMILES string of the molecule is CCC(C)P(N)(=O)Oc1ccccc1. The summed E-state index contributed by atoms with van der Waals surface area (Å²) in [4.78, 5) is 0.